The number of hydrogen-bond donors (Lipinski definition) is 1. The summed E-state index contributed by atoms with van der Waals surface area (Å²) in [7, 11) is 1.50. The maximum absolute atomic E-state index is 15.3. The Morgan fingerprint density at radius 2 is 1.97 bits per heavy atom. The average molecular weight is 524 g/mol. The molecule has 2 N–H and O–H groups in total. The fraction of sp³-hybridized carbons (Fsp3) is 0.259. The van der Waals surface area contributed by atoms with E-state index in [1.54, 1.807) is 13.0 Å². The normalized spacial score (nSPS) is 14.9. The van der Waals surface area contributed by atoms with Crippen LogP contribution < -0.4 is 10.6 Å². The minimum absolute atomic E-state index is 0.00295. The molecule has 0 bridgehead atoms. The fourth-order valence-corrected chi connectivity index (χ4v) is 4.78. The number of benzene rings is 2. The molecule has 0 radical (unpaired) electrons. The molecule has 3 aromatic rings. The Hall–Kier alpha value is -3.82. The Morgan fingerprint density at radius 1 is 1.24 bits per heavy atom. The van der Waals surface area contributed by atoms with Gasteiger partial charge in [-0.25, -0.2) is 14.4 Å². The van der Waals surface area contributed by atoms with Gasteiger partial charge in [0.15, 0.2) is 0 Å². The number of halogens is 2. The maximum atomic E-state index is 15.3. The predicted molar refractivity (Wildman–Crippen MR) is 142 cm³/mol. The molecule has 10 heteroatoms. The number of ether oxygens (including phenoxy) is 1. The lowest BCUT2D eigenvalue weighted by Crippen LogP contribution is -2.36. The minimum atomic E-state index is -1.12. The first kappa shape index (κ1) is 26.2. The Labute approximate surface area is 219 Å². The molecule has 0 spiro atoms. The van der Waals surface area contributed by atoms with Gasteiger partial charge in [-0.05, 0) is 48.9 Å². The van der Waals surface area contributed by atoms with Gasteiger partial charge in [-0.2, -0.15) is 0 Å². The SMILES string of the molecule is C=CC(=O)N(C)/C(=C\C)C(C(N)=O)c1cc(-c2ncnc3cc(N4CCOCC4)ccc23)c(F)cc1Cl. The van der Waals surface area contributed by atoms with Crippen molar-refractivity contribution in [2.75, 3.05) is 38.3 Å². The molecule has 1 aliphatic heterocycles. The van der Waals surface area contributed by atoms with Crippen LogP contribution in [0.3, 0.4) is 0 Å². The van der Waals surface area contributed by atoms with E-state index in [2.05, 4.69) is 21.4 Å². The molecular formula is C27H27ClFN5O3. The van der Waals surface area contributed by atoms with Gasteiger partial charge in [0.1, 0.15) is 18.1 Å². The first-order valence-electron chi connectivity index (χ1n) is 11.7. The zero-order valence-electron chi connectivity index (χ0n) is 20.6. The summed E-state index contributed by atoms with van der Waals surface area (Å²) in [4.78, 5) is 37.1. The van der Waals surface area contributed by atoms with Crippen molar-refractivity contribution in [1.82, 2.24) is 14.9 Å². The molecule has 37 heavy (non-hydrogen) atoms. The van der Waals surface area contributed by atoms with Gasteiger partial charge < -0.3 is 20.3 Å². The lowest BCUT2D eigenvalue weighted by molar-refractivity contribution is -0.124. The second-order valence-corrected chi connectivity index (χ2v) is 8.93. The third-order valence-corrected chi connectivity index (χ3v) is 6.74. The molecule has 2 amide bonds. The fourth-order valence-electron chi connectivity index (χ4n) is 4.52. The van der Waals surface area contributed by atoms with E-state index in [9.17, 15) is 9.59 Å². The Kier molecular flexibility index (Phi) is 7.85. The third-order valence-electron chi connectivity index (χ3n) is 6.42. The van der Waals surface area contributed by atoms with Gasteiger partial charge in [0, 0.05) is 47.5 Å². The van der Waals surface area contributed by atoms with Crippen LogP contribution in [0.15, 0.2) is 61.1 Å². The molecule has 192 valence electrons. The van der Waals surface area contributed by atoms with Gasteiger partial charge in [-0.1, -0.05) is 24.3 Å². The molecule has 0 saturated carbocycles. The summed E-state index contributed by atoms with van der Waals surface area (Å²) < 4.78 is 20.8. The largest absolute Gasteiger partial charge is 0.378 e. The van der Waals surface area contributed by atoms with Crippen LogP contribution in [0, 0.1) is 5.82 Å². The van der Waals surface area contributed by atoms with Crippen LogP contribution in [0.25, 0.3) is 22.2 Å². The summed E-state index contributed by atoms with van der Waals surface area (Å²) in [6.07, 6.45) is 4.08. The van der Waals surface area contributed by atoms with E-state index in [1.165, 1.54) is 24.3 Å². The van der Waals surface area contributed by atoms with Crippen LogP contribution in [0.4, 0.5) is 10.1 Å². The van der Waals surface area contributed by atoms with Gasteiger partial charge in [0.25, 0.3) is 0 Å². The van der Waals surface area contributed by atoms with Gasteiger partial charge in [-0.15, -0.1) is 0 Å². The molecule has 1 aromatic heterocycles. The highest BCUT2D eigenvalue weighted by Gasteiger charge is 2.30. The van der Waals surface area contributed by atoms with E-state index in [0.717, 1.165) is 30.9 Å². The molecule has 1 aliphatic rings. The molecule has 1 fully saturated rings. The van der Waals surface area contributed by atoms with E-state index < -0.39 is 23.5 Å². The number of hydrogen-bond acceptors (Lipinski definition) is 6. The van der Waals surface area contributed by atoms with Crippen LogP contribution in [0.1, 0.15) is 18.4 Å². The summed E-state index contributed by atoms with van der Waals surface area (Å²) >= 11 is 6.42. The number of fused-ring (bicyclic) bond motifs is 1. The number of primary amides is 1. The van der Waals surface area contributed by atoms with Gasteiger partial charge in [0.05, 0.1) is 24.4 Å². The zero-order valence-corrected chi connectivity index (χ0v) is 21.3. The molecule has 2 aromatic carbocycles. The average Bonchev–Trinajstić information content (AvgIpc) is 2.91. The number of rotatable bonds is 7. The van der Waals surface area contributed by atoms with Crippen molar-refractivity contribution in [2.45, 2.75) is 12.8 Å². The van der Waals surface area contributed by atoms with Crippen LogP contribution in [-0.2, 0) is 14.3 Å². The quantitative estimate of drug-likeness (QED) is 0.469. The van der Waals surface area contributed by atoms with Gasteiger partial charge in [0.2, 0.25) is 11.8 Å². The van der Waals surface area contributed by atoms with E-state index in [0.29, 0.717) is 35.5 Å². The predicted octanol–water partition coefficient (Wildman–Crippen LogP) is 4.04. The summed E-state index contributed by atoms with van der Waals surface area (Å²) in [6.45, 7) is 7.99. The van der Waals surface area contributed by atoms with Crippen LogP contribution in [-0.4, -0.2) is 60.0 Å². The summed E-state index contributed by atoms with van der Waals surface area (Å²) in [5.41, 5.74) is 8.40. The first-order valence-corrected chi connectivity index (χ1v) is 12.1. The molecule has 1 atom stereocenters. The highest BCUT2D eigenvalue weighted by molar-refractivity contribution is 6.32. The van der Waals surface area contributed by atoms with Gasteiger partial charge >= 0.3 is 0 Å². The lowest BCUT2D eigenvalue weighted by atomic mass is 9.91. The standard InChI is InChI=1S/C27H27ClFN5O3/c1-4-23(33(3)24(35)5-2)25(27(30)36)18-13-19(21(29)14-20(18)28)26-17-7-6-16(12-22(17)31-15-32-26)34-8-10-37-11-9-34/h4-7,12-15,25H,2,8-11H2,1,3H3,(H2,30,36)/b23-4-. The number of carbonyl (C=O) groups excluding carboxylic acids is 2. The monoisotopic (exact) mass is 523 g/mol. The summed E-state index contributed by atoms with van der Waals surface area (Å²) in [6, 6.07) is 8.31. The van der Waals surface area contributed by atoms with E-state index in [1.807, 2.05) is 18.2 Å². The number of nitrogens with zero attached hydrogens (tertiary/aromatic N) is 4. The lowest BCUT2D eigenvalue weighted by Gasteiger charge is -2.29. The van der Waals surface area contributed by atoms with Crippen molar-refractivity contribution in [3.8, 4) is 11.3 Å². The molecule has 0 aliphatic carbocycles. The zero-order chi connectivity index (χ0) is 26.7. The minimum Gasteiger partial charge on any atom is -0.378 e. The van der Waals surface area contributed by atoms with E-state index in [4.69, 9.17) is 22.1 Å². The number of nitrogens with two attached hydrogens (primary N) is 1. The number of likely N-dealkylation sites (N-methyl/N-ethyl adjacent to an activating group) is 1. The molecule has 8 nitrogen and oxygen atoms in total. The molecule has 2 heterocycles. The number of morpholine rings is 1. The van der Waals surface area contributed by atoms with E-state index in [-0.39, 0.29) is 16.1 Å². The number of allylic oxidation sites excluding steroid dienone is 1. The third kappa shape index (κ3) is 5.19. The van der Waals surface area contributed by atoms with Crippen molar-refractivity contribution in [2.24, 2.45) is 5.73 Å². The molecule has 1 unspecified atom stereocenters. The number of aromatic nitrogens is 2. The molecule has 4 rings (SSSR count). The number of anilines is 1. The smallest absolute Gasteiger partial charge is 0.249 e. The second kappa shape index (κ2) is 11.1. The topological polar surface area (TPSA) is 102 Å². The highest BCUT2D eigenvalue weighted by Crippen LogP contribution is 2.38. The second-order valence-electron chi connectivity index (χ2n) is 8.53. The van der Waals surface area contributed by atoms with Crippen molar-refractivity contribution < 1.29 is 18.7 Å². The maximum Gasteiger partial charge on any atom is 0.249 e. The molecular weight excluding hydrogens is 497 g/mol. The van der Waals surface area contributed by atoms with Crippen molar-refractivity contribution in [1.29, 1.82) is 0 Å². The number of amides is 2. The van der Waals surface area contributed by atoms with Gasteiger partial charge in [-0.3, -0.25) is 9.59 Å². The molecule has 1 saturated heterocycles. The van der Waals surface area contributed by atoms with Crippen molar-refractivity contribution in [3.63, 3.8) is 0 Å². The Morgan fingerprint density at radius 3 is 2.62 bits per heavy atom. The highest BCUT2D eigenvalue weighted by atomic mass is 35.5. The van der Waals surface area contributed by atoms with Crippen molar-refractivity contribution in [3.05, 3.63) is 77.5 Å². The van der Waals surface area contributed by atoms with Crippen molar-refractivity contribution >= 4 is 40.0 Å². The Balaban J connectivity index is 1.83. The van der Waals surface area contributed by atoms with Crippen LogP contribution >= 0.6 is 11.6 Å². The number of carbonyl (C=O) groups is 2. The van der Waals surface area contributed by atoms with Crippen LogP contribution in [0.5, 0.6) is 0 Å². The van der Waals surface area contributed by atoms with E-state index >= 15 is 4.39 Å². The Bertz CT molecular complexity index is 1400. The summed E-state index contributed by atoms with van der Waals surface area (Å²) in [5, 5.41) is 0.629. The summed E-state index contributed by atoms with van der Waals surface area (Å²) in [5.74, 6) is -2.92. The first-order chi connectivity index (χ1) is 17.8. The van der Waals surface area contributed by atoms with Crippen LogP contribution in [0.2, 0.25) is 5.02 Å².